The lowest BCUT2D eigenvalue weighted by Crippen LogP contribution is -2.51. The zero-order chi connectivity index (χ0) is 15.1. The molecule has 1 saturated carbocycles. The van der Waals surface area contributed by atoms with Crippen LogP contribution >= 0.6 is 0 Å². The number of rotatable bonds is 6. The lowest BCUT2D eigenvalue weighted by Gasteiger charge is -2.30. The molecule has 0 aliphatic heterocycles. The molecular weight excluding hydrogens is 256 g/mol. The number of likely N-dealkylation sites (N-methyl/N-ethyl adjacent to an activating group) is 1. The van der Waals surface area contributed by atoms with E-state index in [0.717, 1.165) is 37.7 Å². The van der Waals surface area contributed by atoms with E-state index in [-0.39, 0.29) is 11.9 Å². The number of carboxylic acids is 1. The maximum absolute atomic E-state index is 12.2. The Labute approximate surface area is 121 Å². The van der Waals surface area contributed by atoms with Crippen molar-refractivity contribution in [3.8, 4) is 0 Å². The second-order valence-electron chi connectivity index (χ2n) is 5.63. The lowest BCUT2D eigenvalue weighted by molar-refractivity contribution is -0.141. The third-order valence-electron chi connectivity index (χ3n) is 3.80. The van der Waals surface area contributed by atoms with Crippen molar-refractivity contribution in [2.75, 3.05) is 13.1 Å². The van der Waals surface area contributed by atoms with Crippen LogP contribution < -0.4 is 5.32 Å². The van der Waals surface area contributed by atoms with Crippen molar-refractivity contribution >= 4 is 12.0 Å². The summed E-state index contributed by atoms with van der Waals surface area (Å²) in [6.45, 7) is 8.51. The topological polar surface area (TPSA) is 69.6 Å². The number of carbonyl (C=O) groups is 2. The first-order chi connectivity index (χ1) is 9.45. The Kier molecular flexibility index (Phi) is 6.55. The molecule has 1 aliphatic rings. The van der Waals surface area contributed by atoms with E-state index in [0.29, 0.717) is 13.1 Å². The third kappa shape index (κ3) is 4.87. The minimum atomic E-state index is -0.934. The van der Waals surface area contributed by atoms with Crippen LogP contribution in [0.3, 0.4) is 0 Å². The van der Waals surface area contributed by atoms with Gasteiger partial charge in [0.1, 0.15) is 6.04 Å². The zero-order valence-corrected chi connectivity index (χ0v) is 12.5. The molecule has 1 fully saturated rings. The van der Waals surface area contributed by atoms with E-state index in [1.165, 1.54) is 0 Å². The van der Waals surface area contributed by atoms with Gasteiger partial charge in [-0.05, 0) is 32.6 Å². The number of carboxylic acid groups (broad SMARTS) is 1. The largest absolute Gasteiger partial charge is 0.480 e. The molecule has 2 N–H and O–H groups in total. The van der Waals surface area contributed by atoms with Crippen LogP contribution in [0.2, 0.25) is 0 Å². The highest BCUT2D eigenvalue weighted by Crippen LogP contribution is 2.26. The van der Waals surface area contributed by atoms with E-state index in [9.17, 15) is 14.7 Å². The molecule has 5 heteroatoms. The zero-order valence-electron chi connectivity index (χ0n) is 12.5. The highest BCUT2D eigenvalue weighted by atomic mass is 16.4. The molecule has 1 unspecified atom stereocenters. The Bertz CT molecular complexity index is 362. The first-order valence-corrected chi connectivity index (χ1v) is 7.38. The molecule has 114 valence electrons. The number of carbonyl (C=O) groups excluding carboxylic acids is 1. The van der Waals surface area contributed by atoms with Crippen molar-refractivity contribution < 1.29 is 14.7 Å². The van der Waals surface area contributed by atoms with E-state index >= 15 is 0 Å². The number of aliphatic carboxylic acids is 1. The first-order valence-electron chi connectivity index (χ1n) is 7.38. The number of nitrogens with zero attached hydrogens (tertiary/aromatic N) is 1. The molecule has 1 aliphatic carbocycles. The summed E-state index contributed by atoms with van der Waals surface area (Å²) in [5.41, 5.74) is 0.881. The van der Waals surface area contributed by atoms with Crippen LogP contribution in [0, 0.1) is 5.92 Å². The standard InChI is InChI=1S/C15H26N2O3/c1-4-17(10-11(2)3)15(20)16-13(14(18)19)12-8-6-5-7-9-12/h12-13H,2,4-10H2,1,3H3,(H,16,20)(H,18,19). The Morgan fingerprint density at radius 2 is 1.95 bits per heavy atom. The third-order valence-corrected chi connectivity index (χ3v) is 3.80. The van der Waals surface area contributed by atoms with Gasteiger partial charge in [-0.2, -0.15) is 0 Å². The SMILES string of the molecule is C=C(C)CN(CC)C(=O)NC(C(=O)O)C1CCCCC1. The van der Waals surface area contributed by atoms with Crippen LogP contribution in [0.15, 0.2) is 12.2 Å². The Morgan fingerprint density at radius 1 is 1.35 bits per heavy atom. The van der Waals surface area contributed by atoms with Gasteiger partial charge in [0.15, 0.2) is 0 Å². The average molecular weight is 282 g/mol. The maximum Gasteiger partial charge on any atom is 0.326 e. The predicted octanol–water partition coefficient (Wildman–Crippen LogP) is 2.63. The van der Waals surface area contributed by atoms with Crippen LogP contribution in [0.4, 0.5) is 4.79 Å². The van der Waals surface area contributed by atoms with Gasteiger partial charge >= 0.3 is 12.0 Å². The van der Waals surface area contributed by atoms with Gasteiger partial charge in [-0.15, -0.1) is 0 Å². The molecule has 1 atom stereocenters. The molecule has 0 radical (unpaired) electrons. The highest BCUT2D eigenvalue weighted by Gasteiger charge is 2.31. The van der Waals surface area contributed by atoms with Crippen molar-refractivity contribution in [2.45, 2.75) is 52.0 Å². The molecular formula is C15H26N2O3. The molecule has 0 heterocycles. The summed E-state index contributed by atoms with van der Waals surface area (Å²) < 4.78 is 0. The van der Waals surface area contributed by atoms with Crippen molar-refractivity contribution in [3.05, 3.63) is 12.2 Å². The molecule has 2 amide bonds. The molecule has 5 nitrogen and oxygen atoms in total. The van der Waals surface area contributed by atoms with Gasteiger partial charge in [0.05, 0.1) is 0 Å². The summed E-state index contributed by atoms with van der Waals surface area (Å²) in [5.74, 6) is -0.884. The quantitative estimate of drug-likeness (QED) is 0.736. The maximum atomic E-state index is 12.2. The van der Waals surface area contributed by atoms with Gasteiger partial charge in [-0.25, -0.2) is 9.59 Å². The minimum absolute atomic E-state index is 0.0498. The number of hydrogen-bond acceptors (Lipinski definition) is 2. The van der Waals surface area contributed by atoms with Crippen LogP contribution in [0.25, 0.3) is 0 Å². The molecule has 0 bridgehead atoms. The minimum Gasteiger partial charge on any atom is -0.480 e. The Morgan fingerprint density at radius 3 is 2.40 bits per heavy atom. The lowest BCUT2D eigenvalue weighted by atomic mass is 9.84. The fourth-order valence-electron chi connectivity index (χ4n) is 2.73. The first kappa shape index (κ1) is 16.5. The van der Waals surface area contributed by atoms with Crippen LogP contribution in [0.5, 0.6) is 0 Å². The monoisotopic (exact) mass is 282 g/mol. The van der Waals surface area contributed by atoms with E-state index in [1.54, 1.807) is 4.90 Å². The molecule has 20 heavy (non-hydrogen) atoms. The van der Waals surface area contributed by atoms with E-state index < -0.39 is 12.0 Å². The molecule has 0 aromatic carbocycles. The van der Waals surface area contributed by atoms with Gasteiger partial charge in [0.2, 0.25) is 0 Å². The fourth-order valence-corrected chi connectivity index (χ4v) is 2.73. The second kappa shape index (κ2) is 7.92. The summed E-state index contributed by atoms with van der Waals surface area (Å²) in [6, 6.07) is -1.09. The summed E-state index contributed by atoms with van der Waals surface area (Å²) >= 11 is 0. The normalized spacial score (nSPS) is 17.3. The van der Waals surface area contributed by atoms with Crippen LogP contribution in [-0.2, 0) is 4.79 Å². The van der Waals surface area contributed by atoms with E-state index in [2.05, 4.69) is 11.9 Å². The molecule has 0 spiro atoms. The molecule has 0 saturated heterocycles. The van der Waals surface area contributed by atoms with Gasteiger partial charge in [0, 0.05) is 13.1 Å². The number of urea groups is 1. The molecule has 0 aromatic heterocycles. The smallest absolute Gasteiger partial charge is 0.326 e. The number of amides is 2. The second-order valence-corrected chi connectivity index (χ2v) is 5.63. The Hall–Kier alpha value is -1.52. The van der Waals surface area contributed by atoms with Crippen molar-refractivity contribution in [1.82, 2.24) is 10.2 Å². The fraction of sp³-hybridized carbons (Fsp3) is 0.733. The molecule has 0 aromatic rings. The number of hydrogen-bond donors (Lipinski definition) is 2. The van der Waals surface area contributed by atoms with Crippen LogP contribution in [0.1, 0.15) is 46.0 Å². The van der Waals surface area contributed by atoms with E-state index in [1.807, 2.05) is 13.8 Å². The Balaban J connectivity index is 2.66. The van der Waals surface area contributed by atoms with Crippen LogP contribution in [-0.4, -0.2) is 41.1 Å². The van der Waals surface area contributed by atoms with E-state index in [4.69, 9.17) is 0 Å². The van der Waals surface area contributed by atoms with Crippen molar-refractivity contribution in [2.24, 2.45) is 5.92 Å². The number of nitrogens with one attached hydrogen (secondary N) is 1. The van der Waals surface area contributed by atoms with Crippen molar-refractivity contribution in [1.29, 1.82) is 0 Å². The van der Waals surface area contributed by atoms with Crippen molar-refractivity contribution in [3.63, 3.8) is 0 Å². The predicted molar refractivity (Wildman–Crippen MR) is 78.6 cm³/mol. The highest BCUT2D eigenvalue weighted by molar-refractivity contribution is 5.83. The summed E-state index contributed by atoms with van der Waals surface area (Å²) in [4.78, 5) is 25.2. The van der Waals surface area contributed by atoms with Gasteiger partial charge in [-0.1, -0.05) is 31.4 Å². The molecule has 1 rings (SSSR count). The van der Waals surface area contributed by atoms with Gasteiger partial charge in [0.25, 0.3) is 0 Å². The van der Waals surface area contributed by atoms with Gasteiger partial charge in [-0.3, -0.25) is 0 Å². The van der Waals surface area contributed by atoms with Gasteiger partial charge < -0.3 is 15.3 Å². The summed E-state index contributed by atoms with van der Waals surface area (Å²) in [6.07, 6.45) is 5.02. The summed E-state index contributed by atoms with van der Waals surface area (Å²) in [7, 11) is 0. The summed E-state index contributed by atoms with van der Waals surface area (Å²) in [5, 5.41) is 12.0. The average Bonchev–Trinajstić information content (AvgIpc) is 2.42.